The van der Waals surface area contributed by atoms with Crippen molar-refractivity contribution in [2.75, 3.05) is 53.1 Å². The molecule has 0 radical (unpaired) electrons. The third-order valence-corrected chi connectivity index (χ3v) is 4.64. The Morgan fingerprint density at radius 3 is 2.76 bits per heavy atom. The van der Waals surface area contributed by atoms with Gasteiger partial charge in [0.2, 0.25) is 0 Å². The first-order valence-electron chi connectivity index (χ1n) is 10.1. The smallest absolute Gasteiger partial charge is 0.251 e. The van der Waals surface area contributed by atoms with Gasteiger partial charge in [0.1, 0.15) is 0 Å². The van der Waals surface area contributed by atoms with Crippen molar-refractivity contribution in [2.24, 2.45) is 10.9 Å². The fourth-order valence-corrected chi connectivity index (χ4v) is 3.22. The summed E-state index contributed by atoms with van der Waals surface area (Å²) >= 11 is 0. The van der Waals surface area contributed by atoms with Crippen LogP contribution in [0.4, 0.5) is 0 Å². The van der Waals surface area contributed by atoms with Crippen LogP contribution in [0.15, 0.2) is 29.3 Å². The molecule has 1 aliphatic heterocycles. The molecular weight excluding hydrogens is 483 g/mol. The molecule has 1 aliphatic rings. The third kappa shape index (κ3) is 8.88. The van der Waals surface area contributed by atoms with E-state index in [0.29, 0.717) is 37.8 Å². The van der Waals surface area contributed by atoms with Crippen molar-refractivity contribution in [3.63, 3.8) is 0 Å². The van der Waals surface area contributed by atoms with E-state index in [4.69, 9.17) is 14.5 Å². The number of carbonyl (C=O) groups is 1. The van der Waals surface area contributed by atoms with Gasteiger partial charge in [-0.05, 0) is 38.0 Å². The second kappa shape index (κ2) is 14.6. The normalized spacial score (nSPS) is 16.4. The van der Waals surface area contributed by atoms with Gasteiger partial charge in [-0.3, -0.25) is 4.79 Å². The van der Waals surface area contributed by atoms with E-state index in [0.717, 1.165) is 44.2 Å². The molecule has 1 aromatic carbocycles. The van der Waals surface area contributed by atoms with Crippen molar-refractivity contribution in [3.05, 3.63) is 35.4 Å². The van der Waals surface area contributed by atoms with E-state index >= 15 is 0 Å². The number of halogens is 1. The number of benzene rings is 1. The number of methoxy groups -OCH3 is 1. The maximum absolute atomic E-state index is 12.0. The van der Waals surface area contributed by atoms with Gasteiger partial charge in [-0.25, -0.2) is 4.99 Å². The molecule has 0 aliphatic carbocycles. The Kier molecular flexibility index (Phi) is 12.9. The summed E-state index contributed by atoms with van der Waals surface area (Å²) in [5.41, 5.74) is 1.70. The van der Waals surface area contributed by atoms with Gasteiger partial charge in [-0.15, -0.1) is 24.0 Å². The summed E-state index contributed by atoms with van der Waals surface area (Å²) in [6.45, 7) is 9.93. The Morgan fingerprint density at radius 2 is 2.03 bits per heavy atom. The van der Waals surface area contributed by atoms with Gasteiger partial charge in [-0.2, -0.15) is 0 Å². The van der Waals surface area contributed by atoms with Crippen LogP contribution < -0.4 is 10.6 Å². The minimum Gasteiger partial charge on any atom is -0.382 e. The van der Waals surface area contributed by atoms with Crippen molar-refractivity contribution in [1.29, 1.82) is 0 Å². The van der Waals surface area contributed by atoms with Crippen LogP contribution >= 0.6 is 24.0 Å². The van der Waals surface area contributed by atoms with Crippen molar-refractivity contribution in [3.8, 4) is 0 Å². The van der Waals surface area contributed by atoms with E-state index in [1.165, 1.54) is 0 Å². The number of nitrogens with zero attached hydrogens (tertiary/aromatic N) is 2. The number of amides is 1. The summed E-state index contributed by atoms with van der Waals surface area (Å²) in [6.07, 6.45) is 1.10. The summed E-state index contributed by atoms with van der Waals surface area (Å²) in [7, 11) is 1.69. The number of likely N-dealkylation sites (tertiary alicyclic amines) is 1. The zero-order chi connectivity index (χ0) is 20.2. The molecule has 0 saturated carbocycles. The van der Waals surface area contributed by atoms with Crippen molar-refractivity contribution < 1.29 is 14.3 Å². The molecule has 8 heteroatoms. The first-order valence-corrected chi connectivity index (χ1v) is 10.1. The molecule has 1 atom stereocenters. The van der Waals surface area contributed by atoms with Crippen LogP contribution in [-0.4, -0.2) is 69.9 Å². The molecule has 29 heavy (non-hydrogen) atoms. The molecule has 1 fully saturated rings. The molecule has 164 valence electrons. The molecule has 2 N–H and O–H groups in total. The number of hydrogen-bond acceptors (Lipinski definition) is 4. The first-order chi connectivity index (χ1) is 13.7. The number of aliphatic imine (C=N–C) groups is 1. The van der Waals surface area contributed by atoms with Crippen LogP contribution in [0, 0.1) is 5.92 Å². The molecule has 1 amide bonds. The number of hydrogen-bond donors (Lipinski definition) is 2. The maximum Gasteiger partial charge on any atom is 0.251 e. The molecule has 1 saturated heterocycles. The second-order valence-corrected chi connectivity index (χ2v) is 6.90. The van der Waals surface area contributed by atoms with Crippen LogP contribution in [0.5, 0.6) is 0 Å². The van der Waals surface area contributed by atoms with Crippen molar-refractivity contribution in [1.82, 2.24) is 15.5 Å². The van der Waals surface area contributed by atoms with Gasteiger partial charge in [0.05, 0.1) is 26.4 Å². The summed E-state index contributed by atoms with van der Waals surface area (Å²) in [5.74, 6) is 1.39. The largest absolute Gasteiger partial charge is 0.382 e. The lowest BCUT2D eigenvalue weighted by atomic mass is 10.1. The first kappa shape index (κ1) is 25.6. The minimum atomic E-state index is -0.0453. The lowest BCUT2D eigenvalue weighted by Crippen LogP contribution is -2.40. The van der Waals surface area contributed by atoms with E-state index in [2.05, 4.69) is 22.5 Å². The second-order valence-electron chi connectivity index (χ2n) is 6.90. The monoisotopic (exact) mass is 518 g/mol. The topological polar surface area (TPSA) is 75.2 Å². The van der Waals surface area contributed by atoms with Gasteiger partial charge >= 0.3 is 0 Å². The Hall–Kier alpha value is -1.39. The quantitative estimate of drug-likeness (QED) is 0.216. The molecule has 0 spiro atoms. The van der Waals surface area contributed by atoms with Gasteiger partial charge in [-0.1, -0.05) is 12.1 Å². The average Bonchev–Trinajstić information content (AvgIpc) is 3.17. The standard InChI is InChI=1S/C21H34N4O3.HI/c1-4-22-20(26)19-8-6-7-17(13-19)14-24-21(23-5-2)25-10-9-18(15-25)16-28-12-11-27-3;/h6-8,13,18H,4-5,9-12,14-16H2,1-3H3,(H,22,26)(H,23,24);1H. The average molecular weight is 518 g/mol. The van der Waals surface area contributed by atoms with Crippen LogP contribution in [0.25, 0.3) is 0 Å². The van der Waals surface area contributed by atoms with Crippen LogP contribution in [-0.2, 0) is 16.0 Å². The molecule has 0 aromatic heterocycles. The zero-order valence-corrected chi connectivity index (χ0v) is 20.1. The Balaban J connectivity index is 0.00000420. The molecule has 1 aromatic rings. The fraction of sp³-hybridized carbons (Fsp3) is 0.619. The highest BCUT2D eigenvalue weighted by Gasteiger charge is 2.24. The fourth-order valence-electron chi connectivity index (χ4n) is 3.22. The summed E-state index contributed by atoms with van der Waals surface area (Å²) in [6, 6.07) is 7.66. The van der Waals surface area contributed by atoms with Crippen molar-refractivity contribution >= 4 is 35.8 Å². The van der Waals surface area contributed by atoms with Crippen LogP contribution in [0.3, 0.4) is 0 Å². The SMILES string of the molecule is CCNC(=O)c1cccc(CN=C(NCC)N2CCC(COCCOC)C2)c1.I. The van der Waals surface area contributed by atoms with E-state index in [-0.39, 0.29) is 29.9 Å². The Morgan fingerprint density at radius 1 is 1.24 bits per heavy atom. The van der Waals surface area contributed by atoms with E-state index < -0.39 is 0 Å². The number of ether oxygens (including phenoxy) is 2. The minimum absolute atomic E-state index is 0. The molecule has 2 rings (SSSR count). The van der Waals surface area contributed by atoms with Crippen LogP contribution in [0.1, 0.15) is 36.2 Å². The molecule has 1 unspecified atom stereocenters. The lowest BCUT2D eigenvalue weighted by Gasteiger charge is -2.21. The van der Waals surface area contributed by atoms with Gasteiger partial charge in [0.25, 0.3) is 5.91 Å². The molecule has 0 bridgehead atoms. The number of rotatable bonds is 10. The van der Waals surface area contributed by atoms with Crippen molar-refractivity contribution in [2.45, 2.75) is 26.8 Å². The van der Waals surface area contributed by atoms with Gasteiger partial charge in [0.15, 0.2) is 5.96 Å². The van der Waals surface area contributed by atoms with E-state index in [9.17, 15) is 4.79 Å². The highest BCUT2D eigenvalue weighted by atomic mass is 127. The number of guanidine groups is 1. The molecular formula is C21H35IN4O3. The molecule has 1 heterocycles. The zero-order valence-electron chi connectivity index (χ0n) is 17.8. The van der Waals surface area contributed by atoms with Gasteiger partial charge in [0, 0.05) is 44.8 Å². The summed E-state index contributed by atoms with van der Waals surface area (Å²) in [5, 5.41) is 6.22. The molecule has 7 nitrogen and oxygen atoms in total. The number of carbonyl (C=O) groups excluding carboxylic acids is 1. The lowest BCUT2D eigenvalue weighted by molar-refractivity contribution is 0.0536. The van der Waals surface area contributed by atoms with Crippen LogP contribution in [0.2, 0.25) is 0 Å². The Bertz CT molecular complexity index is 642. The predicted octanol–water partition coefficient (Wildman–Crippen LogP) is 2.50. The highest BCUT2D eigenvalue weighted by Crippen LogP contribution is 2.17. The highest BCUT2D eigenvalue weighted by molar-refractivity contribution is 14.0. The maximum atomic E-state index is 12.0. The third-order valence-electron chi connectivity index (χ3n) is 4.64. The number of nitrogens with one attached hydrogen (secondary N) is 2. The predicted molar refractivity (Wildman–Crippen MR) is 127 cm³/mol. The summed E-state index contributed by atoms with van der Waals surface area (Å²) in [4.78, 5) is 19.1. The van der Waals surface area contributed by atoms with E-state index in [1.54, 1.807) is 7.11 Å². The van der Waals surface area contributed by atoms with Gasteiger partial charge < -0.3 is 25.0 Å². The summed E-state index contributed by atoms with van der Waals surface area (Å²) < 4.78 is 10.7. The Labute approximate surface area is 191 Å². The van der Waals surface area contributed by atoms with E-state index in [1.807, 2.05) is 31.2 Å².